The van der Waals surface area contributed by atoms with Gasteiger partial charge >= 0.3 is 6.18 Å². The molecule has 100 valence electrons. The minimum atomic E-state index is -4.28. The first-order valence-corrected chi connectivity index (χ1v) is 6.34. The van der Waals surface area contributed by atoms with Crippen molar-refractivity contribution in [1.82, 2.24) is 5.32 Å². The molecule has 0 heterocycles. The average molecular weight is 272 g/mol. The number of rotatable bonds is 4. The number of carbonyl (C=O) groups excluding carboxylic acids is 1. The Hall–Kier alpha value is -0.450. The van der Waals surface area contributed by atoms with Crippen LogP contribution in [0.1, 0.15) is 44.9 Å². The maximum absolute atomic E-state index is 12.0. The molecule has 0 aromatic heterocycles. The van der Waals surface area contributed by atoms with Crippen LogP contribution in [0.5, 0.6) is 0 Å². The fourth-order valence-corrected chi connectivity index (χ4v) is 2.47. The highest BCUT2D eigenvalue weighted by molar-refractivity contribution is 6.18. The second-order valence-corrected chi connectivity index (χ2v) is 4.91. The molecule has 1 N–H and O–H groups in total. The van der Waals surface area contributed by atoms with Crippen molar-refractivity contribution in [2.45, 2.75) is 56.7 Å². The molecule has 17 heavy (non-hydrogen) atoms. The Morgan fingerprint density at radius 3 is 2.29 bits per heavy atom. The Morgan fingerprint density at radius 2 is 1.82 bits per heavy atom. The Kier molecular flexibility index (Phi) is 5.10. The van der Waals surface area contributed by atoms with Crippen molar-refractivity contribution >= 4 is 17.5 Å². The van der Waals surface area contributed by atoms with Crippen molar-refractivity contribution in [2.75, 3.05) is 5.88 Å². The van der Waals surface area contributed by atoms with Crippen LogP contribution in [0.4, 0.5) is 13.2 Å². The van der Waals surface area contributed by atoms with Gasteiger partial charge in [0.15, 0.2) is 0 Å². The number of nitrogens with one attached hydrogen (secondary N) is 1. The molecule has 1 rings (SSSR count). The van der Waals surface area contributed by atoms with Gasteiger partial charge < -0.3 is 5.32 Å². The van der Waals surface area contributed by atoms with Gasteiger partial charge in [-0.3, -0.25) is 4.79 Å². The summed E-state index contributed by atoms with van der Waals surface area (Å²) in [6.07, 6.45) is -1.32. The van der Waals surface area contributed by atoms with Crippen LogP contribution < -0.4 is 5.32 Å². The molecule has 0 unspecified atom stereocenters. The lowest BCUT2D eigenvalue weighted by Crippen LogP contribution is -2.51. The molecule has 0 aliphatic heterocycles. The summed E-state index contributed by atoms with van der Waals surface area (Å²) in [5, 5.41) is 2.68. The van der Waals surface area contributed by atoms with E-state index >= 15 is 0 Å². The van der Waals surface area contributed by atoms with E-state index in [-0.39, 0.29) is 5.88 Å². The third-order valence-corrected chi connectivity index (χ3v) is 3.62. The summed E-state index contributed by atoms with van der Waals surface area (Å²) < 4.78 is 35.9. The van der Waals surface area contributed by atoms with Crippen molar-refractivity contribution in [3.05, 3.63) is 0 Å². The molecule has 1 saturated carbocycles. The van der Waals surface area contributed by atoms with Crippen LogP contribution in [0.15, 0.2) is 0 Å². The lowest BCUT2D eigenvalue weighted by molar-refractivity contribution is -0.145. The lowest BCUT2D eigenvalue weighted by atomic mass is 9.83. The second kappa shape index (κ2) is 5.94. The summed E-state index contributed by atoms with van der Waals surface area (Å²) in [4.78, 5) is 11.5. The minimum absolute atomic E-state index is 0.269. The zero-order valence-corrected chi connectivity index (χ0v) is 10.3. The average Bonchev–Trinajstić information content (AvgIpc) is 2.27. The largest absolute Gasteiger partial charge is 0.389 e. The summed E-state index contributed by atoms with van der Waals surface area (Å²) in [5.41, 5.74) is -0.484. The Bertz CT molecular complexity index is 262. The fraction of sp³-hybridized carbons (Fsp3) is 0.909. The predicted molar refractivity (Wildman–Crippen MR) is 60.0 cm³/mol. The van der Waals surface area contributed by atoms with Gasteiger partial charge in [0, 0.05) is 12.3 Å². The molecule has 1 amide bonds. The smallest absolute Gasteiger partial charge is 0.349 e. The van der Waals surface area contributed by atoms with E-state index in [1.54, 1.807) is 0 Å². The molecule has 0 atom stereocenters. The van der Waals surface area contributed by atoms with Crippen molar-refractivity contribution < 1.29 is 18.0 Å². The van der Waals surface area contributed by atoms with Gasteiger partial charge in [-0.25, -0.2) is 0 Å². The molecular formula is C11H17ClF3NO. The van der Waals surface area contributed by atoms with Crippen molar-refractivity contribution in [2.24, 2.45) is 0 Å². The van der Waals surface area contributed by atoms with E-state index in [0.29, 0.717) is 0 Å². The molecular weight excluding hydrogens is 255 g/mol. The summed E-state index contributed by atoms with van der Waals surface area (Å²) in [6, 6.07) is 0. The predicted octanol–water partition coefficient (Wildman–Crippen LogP) is 3.39. The second-order valence-electron chi connectivity index (χ2n) is 4.64. The number of carbonyl (C=O) groups is 1. The highest BCUT2D eigenvalue weighted by Crippen LogP contribution is 2.29. The molecule has 0 aromatic carbocycles. The minimum Gasteiger partial charge on any atom is -0.349 e. The maximum Gasteiger partial charge on any atom is 0.389 e. The molecule has 0 radical (unpaired) electrons. The molecule has 0 aromatic rings. The monoisotopic (exact) mass is 271 g/mol. The number of hydrogen-bond acceptors (Lipinski definition) is 1. The molecule has 0 spiro atoms. The van der Waals surface area contributed by atoms with E-state index in [1.807, 2.05) is 0 Å². The third-order valence-electron chi connectivity index (χ3n) is 3.11. The summed E-state index contributed by atoms with van der Waals surface area (Å²) in [6.45, 7) is 0. The van der Waals surface area contributed by atoms with Gasteiger partial charge in [-0.1, -0.05) is 19.3 Å². The van der Waals surface area contributed by atoms with E-state index in [9.17, 15) is 18.0 Å². The molecule has 2 nitrogen and oxygen atoms in total. The van der Waals surface area contributed by atoms with Crippen LogP contribution in [0, 0.1) is 0 Å². The van der Waals surface area contributed by atoms with Crippen molar-refractivity contribution in [3.63, 3.8) is 0 Å². The van der Waals surface area contributed by atoms with Crippen LogP contribution in [-0.2, 0) is 4.79 Å². The van der Waals surface area contributed by atoms with Crippen LogP contribution >= 0.6 is 11.6 Å². The van der Waals surface area contributed by atoms with Crippen LogP contribution in [0.3, 0.4) is 0 Å². The van der Waals surface area contributed by atoms with Gasteiger partial charge in [0.05, 0.1) is 12.0 Å². The van der Waals surface area contributed by atoms with Gasteiger partial charge in [0.2, 0.25) is 5.91 Å². The first-order valence-electron chi connectivity index (χ1n) is 5.81. The Balaban J connectivity index is 2.42. The number of amides is 1. The number of halogens is 4. The number of alkyl halides is 4. The molecule has 1 aliphatic rings. The molecule has 0 saturated heterocycles. The maximum atomic E-state index is 12.0. The SMILES string of the molecule is O=C(CCC(F)(F)F)NC1(CCl)CCCCC1. The van der Waals surface area contributed by atoms with E-state index in [4.69, 9.17) is 11.6 Å². The van der Waals surface area contributed by atoms with Gasteiger partial charge in [0.25, 0.3) is 0 Å². The highest BCUT2D eigenvalue weighted by atomic mass is 35.5. The molecule has 0 bridgehead atoms. The van der Waals surface area contributed by atoms with E-state index in [0.717, 1.165) is 32.1 Å². The van der Waals surface area contributed by atoms with Crippen LogP contribution in [0.2, 0.25) is 0 Å². The number of hydrogen-bond donors (Lipinski definition) is 1. The quantitative estimate of drug-likeness (QED) is 0.780. The lowest BCUT2D eigenvalue weighted by Gasteiger charge is -2.36. The van der Waals surface area contributed by atoms with Gasteiger partial charge in [-0.2, -0.15) is 13.2 Å². The van der Waals surface area contributed by atoms with Crippen LogP contribution in [-0.4, -0.2) is 23.5 Å². The van der Waals surface area contributed by atoms with E-state index < -0.39 is 30.5 Å². The Labute approximate surface area is 104 Å². The van der Waals surface area contributed by atoms with Crippen LogP contribution in [0.25, 0.3) is 0 Å². The Morgan fingerprint density at radius 1 is 1.24 bits per heavy atom. The molecule has 1 aliphatic carbocycles. The summed E-state index contributed by atoms with van der Waals surface area (Å²) in [5.74, 6) is -0.282. The van der Waals surface area contributed by atoms with Crippen molar-refractivity contribution in [1.29, 1.82) is 0 Å². The third kappa shape index (κ3) is 5.15. The topological polar surface area (TPSA) is 29.1 Å². The van der Waals surface area contributed by atoms with E-state index in [1.165, 1.54) is 0 Å². The van der Waals surface area contributed by atoms with Gasteiger partial charge in [-0.15, -0.1) is 11.6 Å². The first kappa shape index (κ1) is 14.6. The normalized spacial score (nSPS) is 20.0. The summed E-state index contributed by atoms with van der Waals surface area (Å²) >= 11 is 5.83. The molecule has 1 fully saturated rings. The fourth-order valence-electron chi connectivity index (χ4n) is 2.13. The zero-order chi connectivity index (χ0) is 12.9. The zero-order valence-electron chi connectivity index (χ0n) is 9.58. The van der Waals surface area contributed by atoms with Gasteiger partial charge in [-0.05, 0) is 12.8 Å². The highest BCUT2D eigenvalue weighted by Gasteiger charge is 2.34. The molecule has 6 heteroatoms. The van der Waals surface area contributed by atoms with Crippen molar-refractivity contribution in [3.8, 4) is 0 Å². The standard InChI is InChI=1S/C11H17ClF3NO/c12-8-10(5-2-1-3-6-10)16-9(17)4-7-11(13,14)15/h1-8H2,(H,16,17). The van der Waals surface area contributed by atoms with E-state index in [2.05, 4.69) is 5.32 Å². The van der Waals surface area contributed by atoms with Gasteiger partial charge in [0.1, 0.15) is 0 Å². The first-order chi connectivity index (χ1) is 7.87. The summed E-state index contributed by atoms with van der Waals surface area (Å²) in [7, 11) is 0.